The third kappa shape index (κ3) is 3.56. The van der Waals surface area contributed by atoms with E-state index in [1.165, 1.54) is 0 Å². The van der Waals surface area contributed by atoms with Crippen LogP contribution in [0.4, 0.5) is 5.69 Å². The zero-order chi connectivity index (χ0) is 16.2. The van der Waals surface area contributed by atoms with E-state index in [0.717, 1.165) is 5.69 Å². The lowest BCUT2D eigenvalue weighted by Gasteiger charge is -2.30. The quantitative estimate of drug-likeness (QED) is 0.934. The average molecular weight is 314 g/mol. The number of likely N-dealkylation sites (tertiary alicyclic amines) is 1. The molecule has 1 aliphatic rings. The molecular formula is C16H18N4O3. The van der Waals surface area contributed by atoms with Crippen molar-refractivity contribution in [2.75, 3.05) is 18.4 Å². The molecule has 120 valence electrons. The molecule has 1 aliphatic heterocycles. The number of aryl methyl sites for hydroxylation is 1. The molecule has 0 atom stereocenters. The fraction of sp³-hybridized carbons (Fsp3) is 0.375. The number of carbonyl (C=O) groups excluding carboxylic acids is 2. The van der Waals surface area contributed by atoms with Crippen molar-refractivity contribution in [3.8, 4) is 0 Å². The minimum Gasteiger partial charge on any atom is -0.339 e. The molecular weight excluding hydrogens is 296 g/mol. The number of hydrogen-bond donors (Lipinski definition) is 1. The van der Waals surface area contributed by atoms with Gasteiger partial charge in [0.05, 0.1) is 0 Å². The number of rotatable bonds is 3. The summed E-state index contributed by atoms with van der Waals surface area (Å²) in [6.07, 6.45) is 1.25. The van der Waals surface area contributed by atoms with Gasteiger partial charge in [-0.25, -0.2) is 0 Å². The fourth-order valence-electron chi connectivity index (χ4n) is 2.64. The average Bonchev–Trinajstić information content (AvgIpc) is 3.02. The van der Waals surface area contributed by atoms with Gasteiger partial charge in [0.2, 0.25) is 11.8 Å². The molecule has 0 aliphatic carbocycles. The third-order valence-corrected chi connectivity index (χ3v) is 3.91. The van der Waals surface area contributed by atoms with E-state index in [0.29, 0.717) is 31.8 Å². The lowest BCUT2D eigenvalue weighted by Crippen LogP contribution is -2.41. The highest BCUT2D eigenvalue weighted by Crippen LogP contribution is 2.20. The normalized spacial score (nSPS) is 15.4. The topological polar surface area (TPSA) is 88.3 Å². The first-order valence-corrected chi connectivity index (χ1v) is 7.59. The lowest BCUT2D eigenvalue weighted by atomic mass is 9.95. The predicted octanol–water partition coefficient (Wildman–Crippen LogP) is 1.87. The van der Waals surface area contributed by atoms with Gasteiger partial charge in [0.25, 0.3) is 11.7 Å². The van der Waals surface area contributed by atoms with Crippen molar-refractivity contribution in [3.05, 3.63) is 42.0 Å². The summed E-state index contributed by atoms with van der Waals surface area (Å²) < 4.78 is 4.83. The molecule has 1 N–H and O–H groups in total. The summed E-state index contributed by atoms with van der Waals surface area (Å²) in [6.45, 7) is 2.67. The Bertz CT molecular complexity index is 690. The summed E-state index contributed by atoms with van der Waals surface area (Å²) >= 11 is 0. The summed E-state index contributed by atoms with van der Waals surface area (Å²) in [5.74, 6) is 0.105. The minimum absolute atomic E-state index is 0.00120. The molecule has 1 saturated heterocycles. The monoisotopic (exact) mass is 314 g/mol. The van der Waals surface area contributed by atoms with E-state index in [1.54, 1.807) is 11.8 Å². The van der Waals surface area contributed by atoms with E-state index in [2.05, 4.69) is 15.5 Å². The molecule has 0 unspecified atom stereocenters. The van der Waals surface area contributed by atoms with E-state index in [9.17, 15) is 9.59 Å². The van der Waals surface area contributed by atoms with E-state index >= 15 is 0 Å². The zero-order valence-corrected chi connectivity index (χ0v) is 12.9. The van der Waals surface area contributed by atoms with Crippen LogP contribution in [0.25, 0.3) is 0 Å². The predicted molar refractivity (Wildman–Crippen MR) is 82.7 cm³/mol. The van der Waals surface area contributed by atoms with Crippen molar-refractivity contribution in [1.82, 2.24) is 15.0 Å². The number of amides is 2. The molecule has 2 heterocycles. The molecule has 2 aromatic rings. The Balaban J connectivity index is 1.54. The Hall–Kier alpha value is -2.70. The van der Waals surface area contributed by atoms with Crippen molar-refractivity contribution in [2.24, 2.45) is 5.92 Å². The second-order valence-corrected chi connectivity index (χ2v) is 5.56. The van der Waals surface area contributed by atoms with Crippen LogP contribution in [-0.4, -0.2) is 39.9 Å². The van der Waals surface area contributed by atoms with Gasteiger partial charge < -0.3 is 14.7 Å². The van der Waals surface area contributed by atoms with Crippen LogP contribution in [-0.2, 0) is 4.79 Å². The summed E-state index contributed by atoms with van der Waals surface area (Å²) in [5, 5.41) is 6.55. The number of anilines is 1. The van der Waals surface area contributed by atoms with Crippen molar-refractivity contribution in [3.63, 3.8) is 0 Å². The van der Waals surface area contributed by atoms with E-state index < -0.39 is 0 Å². The maximum atomic E-state index is 12.3. The van der Waals surface area contributed by atoms with Crippen molar-refractivity contribution in [2.45, 2.75) is 19.8 Å². The lowest BCUT2D eigenvalue weighted by molar-refractivity contribution is -0.121. The SMILES string of the molecule is Cc1nc(C(=O)N2CCC(C(=O)Nc3ccccc3)CC2)no1. The standard InChI is InChI=1S/C16H18N4O3/c1-11-17-14(19-23-11)16(22)20-9-7-12(8-10-20)15(21)18-13-5-3-2-4-6-13/h2-6,12H,7-10H2,1H3,(H,18,21). The zero-order valence-electron chi connectivity index (χ0n) is 12.9. The number of hydrogen-bond acceptors (Lipinski definition) is 5. The number of benzene rings is 1. The van der Waals surface area contributed by atoms with Crippen LogP contribution in [0.15, 0.2) is 34.9 Å². The molecule has 1 aromatic heterocycles. The number of aromatic nitrogens is 2. The Labute approximate surface area is 133 Å². The molecule has 0 radical (unpaired) electrons. The van der Waals surface area contributed by atoms with Crippen molar-refractivity contribution in [1.29, 1.82) is 0 Å². The van der Waals surface area contributed by atoms with Gasteiger partial charge in [0.15, 0.2) is 0 Å². The van der Waals surface area contributed by atoms with E-state index in [-0.39, 0.29) is 23.6 Å². The summed E-state index contributed by atoms with van der Waals surface area (Å²) in [4.78, 5) is 30.1. The molecule has 1 fully saturated rings. The Morgan fingerprint density at radius 2 is 1.91 bits per heavy atom. The van der Waals surface area contributed by atoms with E-state index in [4.69, 9.17) is 4.52 Å². The third-order valence-electron chi connectivity index (χ3n) is 3.91. The highest BCUT2D eigenvalue weighted by atomic mass is 16.5. The van der Waals surface area contributed by atoms with Gasteiger partial charge in [-0.3, -0.25) is 9.59 Å². The highest BCUT2D eigenvalue weighted by molar-refractivity contribution is 5.93. The van der Waals surface area contributed by atoms with Gasteiger partial charge in [-0.1, -0.05) is 23.4 Å². The summed E-state index contributed by atoms with van der Waals surface area (Å²) in [7, 11) is 0. The van der Waals surface area contributed by atoms with Crippen molar-refractivity contribution < 1.29 is 14.1 Å². The van der Waals surface area contributed by atoms with E-state index in [1.807, 2.05) is 30.3 Å². The van der Waals surface area contributed by atoms with Crippen molar-refractivity contribution >= 4 is 17.5 Å². The van der Waals surface area contributed by atoms with Crippen LogP contribution < -0.4 is 5.32 Å². The van der Waals surface area contributed by atoms with Crippen LogP contribution in [0.1, 0.15) is 29.4 Å². The second-order valence-electron chi connectivity index (χ2n) is 5.56. The number of para-hydroxylation sites is 1. The molecule has 7 nitrogen and oxygen atoms in total. The first-order valence-electron chi connectivity index (χ1n) is 7.59. The molecule has 0 bridgehead atoms. The van der Waals surface area contributed by atoms with Gasteiger partial charge in [0.1, 0.15) is 0 Å². The Morgan fingerprint density at radius 3 is 2.52 bits per heavy atom. The van der Waals surface area contributed by atoms with Gasteiger partial charge in [0, 0.05) is 31.6 Å². The molecule has 3 rings (SSSR count). The van der Waals surface area contributed by atoms with Crippen LogP contribution in [0.3, 0.4) is 0 Å². The number of piperidine rings is 1. The number of nitrogens with zero attached hydrogens (tertiary/aromatic N) is 3. The highest BCUT2D eigenvalue weighted by Gasteiger charge is 2.29. The second kappa shape index (κ2) is 6.60. The number of carbonyl (C=O) groups is 2. The maximum Gasteiger partial charge on any atom is 0.295 e. The van der Waals surface area contributed by atoms with Gasteiger partial charge in [-0.2, -0.15) is 4.98 Å². The van der Waals surface area contributed by atoms with Gasteiger partial charge in [-0.15, -0.1) is 0 Å². The van der Waals surface area contributed by atoms with Crippen LogP contribution in [0, 0.1) is 12.8 Å². The smallest absolute Gasteiger partial charge is 0.295 e. The molecule has 0 saturated carbocycles. The number of nitrogens with one attached hydrogen (secondary N) is 1. The molecule has 7 heteroatoms. The van der Waals surface area contributed by atoms with Gasteiger partial charge in [-0.05, 0) is 25.0 Å². The summed E-state index contributed by atoms with van der Waals surface area (Å²) in [5.41, 5.74) is 0.790. The van der Waals surface area contributed by atoms with Crippen LogP contribution >= 0.6 is 0 Å². The first-order chi connectivity index (χ1) is 11.1. The minimum atomic E-state index is -0.247. The van der Waals surface area contributed by atoms with Crippen LogP contribution in [0.5, 0.6) is 0 Å². The molecule has 1 aromatic carbocycles. The largest absolute Gasteiger partial charge is 0.339 e. The van der Waals surface area contributed by atoms with Gasteiger partial charge >= 0.3 is 0 Å². The summed E-state index contributed by atoms with van der Waals surface area (Å²) in [6, 6.07) is 9.37. The molecule has 2 amide bonds. The first kappa shape index (κ1) is 15.2. The fourth-order valence-corrected chi connectivity index (χ4v) is 2.64. The Morgan fingerprint density at radius 1 is 1.22 bits per heavy atom. The Kier molecular flexibility index (Phi) is 4.36. The van der Waals surface area contributed by atoms with Crippen LogP contribution in [0.2, 0.25) is 0 Å². The maximum absolute atomic E-state index is 12.3. The molecule has 0 spiro atoms. The molecule has 23 heavy (non-hydrogen) atoms.